The van der Waals surface area contributed by atoms with Crippen molar-refractivity contribution in [3.05, 3.63) is 71.8 Å². The summed E-state index contributed by atoms with van der Waals surface area (Å²) in [6.07, 6.45) is 1.38. The topological polar surface area (TPSA) is 276 Å². The van der Waals surface area contributed by atoms with Gasteiger partial charge in [-0.2, -0.15) is 0 Å². The van der Waals surface area contributed by atoms with Crippen LogP contribution in [0.25, 0.3) is 0 Å². The molecule has 2 saturated heterocycles. The molecule has 2 aromatic carbocycles. The van der Waals surface area contributed by atoms with E-state index in [1.807, 2.05) is 190 Å². The van der Waals surface area contributed by atoms with Crippen molar-refractivity contribution in [2.45, 2.75) is 184 Å². The number of hydrogen-bond donors (Lipinski definition) is 2. The second-order valence-corrected chi connectivity index (χ2v) is 35.5. The van der Waals surface area contributed by atoms with Gasteiger partial charge in [-0.25, -0.2) is 0 Å². The zero-order chi connectivity index (χ0) is 83.7. The minimum atomic E-state index is -0.664. The van der Waals surface area contributed by atoms with Crippen molar-refractivity contribution in [1.29, 1.82) is 0 Å². The average molecular weight is 1600 g/mol. The summed E-state index contributed by atoms with van der Waals surface area (Å²) >= 11 is 0. The van der Waals surface area contributed by atoms with Crippen molar-refractivity contribution in [1.82, 2.24) is 59.6 Å². The largest absolute Gasteiger partial charge is 0.459 e. The number of rotatable bonds is 40. The lowest BCUT2D eigenvalue weighted by atomic mass is 10.2. The van der Waals surface area contributed by atoms with Gasteiger partial charge in [0.25, 0.3) is 0 Å². The summed E-state index contributed by atoms with van der Waals surface area (Å²) in [7, 11) is 0. The summed E-state index contributed by atoms with van der Waals surface area (Å²) in [5.74, 6) is -2.29. The highest BCUT2D eigenvalue weighted by molar-refractivity contribution is 5.78. The molecule has 0 aliphatic carbocycles. The average Bonchev–Trinajstić information content (AvgIpc) is 0.913. The lowest BCUT2D eigenvalue weighted by Crippen LogP contribution is -2.50. The Morgan fingerprint density at radius 1 is 0.301 bits per heavy atom. The van der Waals surface area contributed by atoms with Gasteiger partial charge in [0.15, 0.2) is 0 Å². The fourth-order valence-electron chi connectivity index (χ4n) is 12.5. The van der Waals surface area contributed by atoms with E-state index in [1.165, 1.54) is 0 Å². The number of carbonyl (C=O) groups excluding carboxylic acids is 8. The molecule has 2 amide bonds. The van der Waals surface area contributed by atoms with E-state index in [4.69, 9.17) is 42.6 Å². The third-order valence-corrected chi connectivity index (χ3v) is 17.5. The molecule has 0 atom stereocenters. The van der Waals surface area contributed by atoms with Crippen molar-refractivity contribution < 1.29 is 81.0 Å². The third-order valence-electron chi connectivity index (χ3n) is 17.5. The molecule has 2 aromatic rings. The second kappa shape index (κ2) is 51.0. The van der Waals surface area contributed by atoms with E-state index >= 15 is 0 Å². The number of benzene rings is 2. The van der Waals surface area contributed by atoms with Crippen molar-refractivity contribution >= 4 is 47.6 Å². The summed E-state index contributed by atoms with van der Waals surface area (Å²) in [6.45, 7) is 48.6. The van der Waals surface area contributed by atoms with Crippen LogP contribution in [0.4, 0.5) is 0 Å². The van der Waals surface area contributed by atoms with Crippen LogP contribution >= 0.6 is 0 Å². The Morgan fingerprint density at radius 2 is 0.504 bits per heavy atom. The Hall–Kier alpha value is -6.32. The summed E-state index contributed by atoms with van der Waals surface area (Å²) in [5, 5.41) is 6.34. The van der Waals surface area contributed by atoms with Gasteiger partial charge in [-0.05, 0) is 149 Å². The number of esters is 6. The molecule has 4 rings (SSSR count). The number of nitrogens with zero attached hydrogens (tertiary/aromatic N) is 10. The molecule has 2 N–H and O–H groups in total. The van der Waals surface area contributed by atoms with Crippen molar-refractivity contribution in [3.63, 3.8) is 0 Å². The predicted molar refractivity (Wildman–Crippen MR) is 438 cm³/mol. The molecule has 0 bridgehead atoms. The zero-order valence-corrected chi connectivity index (χ0v) is 72.5. The molecular weight excluding hydrogens is 1450 g/mol. The maximum atomic E-state index is 13.8. The first-order chi connectivity index (χ1) is 53.0. The Bertz CT molecular complexity index is 2780. The molecule has 0 radical (unpaired) electrons. The normalized spacial score (nSPS) is 16.6. The van der Waals surface area contributed by atoms with Crippen molar-refractivity contribution in [3.8, 4) is 0 Å². The Balaban J connectivity index is 1.26. The molecule has 644 valence electrons. The van der Waals surface area contributed by atoms with E-state index in [-0.39, 0.29) is 100.0 Å². The third kappa shape index (κ3) is 52.1. The van der Waals surface area contributed by atoms with E-state index in [9.17, 15) is 38.4 Å². The van der Waals surface area contributed by atoms with Crippen LogP contribution in [0.5, 0.6) is 0 Å². The molecule has 29 nitrogen and oxygen atoms in total. The Kier molecular flexibility index (Phi) is 44.7. The first-order valence-electron chi connectivity index (χ1n) is 40.9. The number of carbonyl (C=O) groups is 8. The van der Waals surface area contributed by atoms with Crippen LogP contribution < -0.4 is 10.6 Å². The maximum absolute atomic E-state index is 13.8. The standard InChI is InChI=1S/C84H146N12O17/c1-79(2,3)108-73(99)63-89-41-37-87(38-42-90(64-74(100)109-80(4,5)6)46-50-93(49-45-89)67-77(103)112-83(13,14)15)35-31-85-71(97)61-95(59-69-27-21-19-22-28-69)33-25-53-105-55-57-107-58-56-106-54-26-34-96(60-70-29-23-20-24-30-70)62-72(98)86-32-36-88-39-43-91(65-75(101)110-81(7,8)9)47-51-94(68-78(104)113-84(16,17)18)52-48-92(44-40-88)66-76(102)111-82(10,11)12/h19-24,27-30H,25-26,31-68H2,1-18H3,(H,85,97)(H,86,98). The van der Waals surface area contributed by atoms with Crippen LogP contribution in [-0.4, -0.2) is 366 Å². The maximum Gasteiger partial charge on any atom is 0.320 e. The second-order valence-electron chi connectivity index (χ2n) is 35.5. The smallest absolute Gasteiger partial charge is 0.320 e. The molecule has 113 heavy (non-hydrogen) atoms. The summed E-state index contributed by atoms with van der Waals surface area (Å²) in [5.41, 5.74) is -1.80. The highest BCUT2D eigenvalue weighted by Crippen LogP contribution is 2.17. The number of hydrogen-bond acceptors (Lipinski definition) is 27. The molecule has 2 heterocycles. The quantitative estimate of drug-likeness (QED) is 0.0470. The van der Waals surface area contributed by atoms with Gasteiger partial charge in [-0.1, -0.05) is 60.7 Å². The van der Waals surface area contributed by atoms with E-state index in [0.29, 0.717) is 210 Å². The molecule has 2 aliphatic rings. The first kappa shape index (κ1) is 99.0. The van der Waals surface area contributed by atoms with Gasteiger partial charge in [0.2, 0.25) is 11.8 Å². The molecular formula is C84H146N12O17. The van der Waals surface area contributed by atoms with Gasteiger partial charge < -0.3 is 53.3 Å². The molecule has 0 aromatic heterocycles. The van der Waals surface area contributed by atoms with E-state index in [2.05, 4.69) is 54.5 Å². The summed E-state index contributed by atoms with van der Waals surface area (Å²) < 4.78 is 52.3. The SMILES string of the molecule is CC(C)(C)OC(=O)CN1CCN(CCNC(=O)CN(CCCOCCOCCOCCCN(CC(=O)NCCN2CCN(CC(=O)OC(C)(C)C)CCN(CC(=O)OC(C)(C)C)CCN(CC(=O)OC(C)(C)C)CC2)Cc2ccccc2)Cc2ccccc2)CCN(CC(=O)OC(C)(C)C)CCN(CC(=O)OC(C)(C)C)CC1. The van der Waals surface area contributed by atoms with Gasteiger partial charge >= 0.3 is 35.8 Å². The number of nitrogens with one attached hydrogen (secondary N) is 2. The van der Waals surface area contributed by atoms with Crippen molar-refractivity contribution in [2.75, 3.05) is 236 Å². The van der Waals surface area contributed by atoms with Crippen molar-refractivity contribution in [2.24, 2.45) is 0 Å². The van der Waals surface area contributed by atoms with E-state index in [0.717, 1.165) is 11.1 Å². The van der Waals surface area contributed by atoms with E-state index < -0.39 is 33.6 Å². The highest BCUT2D eigenvalue weighted by Gasteiger charge is 2.30. The monoisotopic (exact) mass is 1600 g/mol. The Morgan fingerprint density at radius 3 is 0.717 bits per heavy atom. The fourth-order valence-corrected chi connectivity index (χ4v) is 12.5. The lowest BCUT2D eigenvalue weighted by Gasteiger charge is -2.34. The van der Waals surface area contributed by atoms with Crippen LogP contribution in [0.2, 0.25) is 0 Å². The van der Waals surface area contributed by atoms with Gasteiger partial charge in [-0.3, -0.25) is 87.4 Å². The predicted octanol–water partition coefficient (Wildman–Crippen LogP) is 5.55. The molecule has 2 aliphatic heterocycles. The zero-order valence-electron chi connectivity index (χ0n) is 72.5. The van der Waals surface area contributed by atoms with Gasteiger partial charge in [0.1, 0.15) is 33.6 Å². The molecule has 29 heteroatoms. The Labute approximate surface area is 677 Å². The minimum absolute atomic E-state index is 0.0480. The van der Waals surface area contributed by atoms with Crippen LogP contribution in [0, 0.1) is 0 Å². The van der Waals surface area contributed by atoms with E-state index in [1.54, 1.807) is 0 Å². The van der Waals surface area contributed by atoms with Crippen LogP contribution in [0.1, 0.15) is 149 Å². The van der Waals surface area contributed by atoms with Gasteiger partial charge in [0.05, 0.1) is 78.8 Å². The van der Waals surface area contributed by atoms with Crippen LogP contribution in [0.15, 0.2) is 60.7 Å². The molecule has 0 unspecified atom stereocenters. The van der Waals surface area contributed by atoms with Gasteiger partial charge in [-0.15, -0.1) is 0 Å². The lowest BCUT2D eigenvalue weighted by molar-refractivity contribution is -0.158. The summed E-state index contributed by atoms with van der Waals surface area (Å²) in [4.78, 5) is 128. The van der Waals surface area contributed by atoms with Gasteiger partial charge in [0, 0.05) is 170 Å². The first-order valence-corrected chi connectivity index (χ1v) is 40.9. The molecule has 0 spiro atoms. The summed E-state index contributed by atoms with van der Waals surface area (Å²) in [6, 6.07) is 20.1. The number of ether oxygens (including phenoxy) is 9. The molecule has 0 saturated carbocycles. The number of amides is 2. The highest BCUT2D eigenvalue weighted by atomic mass is 16.6. The fraction of sp³-hybridized carbons (Fsp3) is 0.762. The molecule has 2 fully saturated rings. The van der Waals surface area contributed by atoms with Crippen LogP contribution in [0.3, 0.4) is 0 Å². The van der Waals surface area contributed by atoms with Crippen LogP contribution in [-0.2, 0) is 94.1 Å². The minimum Gasteiger partial charge on any atom is -0.459 e.